The number of amides is 2. The number of thiophene rings is 1. The first kappa shape index (κ1) is 22.9. The number of piperidine rings is 1. The summed E-state index contributed by atoms with van der Waals surface area (Å²) in [6.07, 6.45) is 5.43. The van der Waals surface area contributed by atoms with Crippen LogP contribution in [0.2, 0.25) is 0 Å². The number of likely N-dealkylation sites (tertiary alicyclic amines) is 1. The van der Waals surface area contributed by atoms with Crippen LogP contribution in [0.4, 0.5) is 0 Å². The van der Waals surface area contributed by atoms with E-state index in [-0.39, 0.29) is 23.4 Å². The minimum atomic E-state index is -0.0663. The van der Waals surface area contributed by atoms with Gasteiger partial charge in [-0.05, 0) is 38.2 Å². The van der Waals surface area contributed by atoms with Crippen molar-refractivity contribution in [3.63, 3.8) is 0 Å². The Labute approximate surface area is 192 Å². The van der Waals surface area contributed by atoms with Gasteiger partial charge in [0.25, 0.3) is 11.5 Å². The molecule has 0 unspecified atom stereocenters. The van der Waals surface area contributed by atoms with E-state index in [1.54, 1.807) is 14.0 Å². The summed E-state index contributed by atoms with van der Waals surface area (Å²) < 4.78 is 7.08. The highest BCUT2D eigenvalue weighted by Gasteiger charge is 2.32. The second-order valence-corrected chi connectivity index (χ2v) is 9.76. The van der Waals surface area contributed by atoms with Crippen molar-refractivity contribution in [1.82, 2.24) is 19.4 Å². The summed E-state index contributed by atoms with van der Waals surface area (Å²) in [7, 11) is 1.63. The van der Waals surface area contributed by atoms with Crippen LogP contribution in [0.5, 0.6) is 0 Å². The van der Waals surface area contributed by atoms with Gasteiger partial charge in [-0.1, -0.05) is 6.42 Å². The van der Waals surface area contributed by atoms with Crippen molar-refractivity contribution < 1.29 is 14.3 Å². The van der Waals surface area contributed by atoms with Gasteiger partial charge >= 0.3 is 0 Å². The lowest BCUT2D eigenvalue weighted by molar-refractivity contribution is -0.130. The molecule has 8 nitrogen and oxygen atoms in total. The zero-order valence-electron chi connectivity index (χ0n) is 19.2. The predicted molar refractivity (Wildman–Crippen MR) is 124 cm³/mol. The number of rotatable bonds is 5. The second kappa shape index (κ2) is 9.70. The zero-order valence-corrected chi connectivity index (χ0v) is 20.0. The monoisotopic (exact) mass is 460 g/mol. The first-order valence-electron chi connectivity index (χ1n) is 11.5. The second-order valence-electron chi connectivity index (χ2n) is 8.76. The third-order valence-corrected chi connectivity index (χ3v) is 7.93. The van der Waals surface area contributed by atoms with Crippen molar-refractivity contribution in [3.8, 4) is 0 Å². The Morgan fingerprint density at radius 2 is 1.94 bits per heavy atom. The summed E-state index contributed by atoms with van der Waals surface area (Å²) in [6.45, 7) is 6.38. The van der Waals surface area contributed by atoms with Gasteiger partial charge < -0.3 is 14.5 Å². The number of hydrogen-bond acceptors (Lipinski definition) is 6. The molecule has 2 aromatic rings. The summed E-state index contributed by atoms with van der Waals surface area (Å²) >= 11 is 1.34. The average molecular weight is 461 g/mol. The van der Waals surface area contributed by atoms with Crippen LogP contribution in [0, 0.1) is 6.92 Å². The lowest BCUT2D eigenvalue weighted by atomic mass is 10.0. The Kier molecular flexibility index (Phi) is 6.95. The van der Waals surface area contributed by atoms with E-state index in [1.807, 2.05) is 21.3 Å². The summed E-state index contributed by atoms with van der Waals surface area (Å²) in [5.74, 6) is 0.849. The highest BCUT2D eigenvalue weighted by Crippen LogP contribution is 2.31. The van der Waals surface area contributed by atoms with E-state index in [2.05, 4.69) is 0 Å². The fourth-order valence-electron chi connectivity index (χ4n) is 4.88. The van der Waals surface area contributed by atoms with E-state index >= 15 is 0 Å². The molecule has 0 aromatic carbocycles. The van der Waals surface area contributed by atoms with Gasteiger partial charge in [0, 0.05) is 52.7 Å². The van der Waals surface area contributed by atoms with Gasteiger partial charge in [-0.2, -0.15) is 0 Å². The molecular formula is C23H32N4O4S. The number of methoxy groups -OCH3 is 1. The topological polar surface area (TPSA) is 84.7 Å². The molecule has 0 atom stereocenters. The molecule has 0 aliphatic carbocycles. The van der Waals surface area contributed by atoms with E-state index in [0.29, 0.717) is 47.9 Å². The van der Waals surface area contributed by atoms with Crippen molar-refractivity contribution in [3.05, 3.63) is 26.6 Å². The number of aromatic nitrogens is 2. The van der Waals surface area contributed by atoms with E-state index in [4.69, 9.17) is 9.72 Å². The van der Waals surface area contributed by atoms with E-state index in [9.17, 15) is 14.4 Å². The lowest BCUT2D eigenvalue weighted by Gasteiger charge is -2.38. The largest absolute Gasteiger partial charge is 0.383 e. The molecule has 0 radical (unpaired) electrons. The highest BCUT2D eigenvalue weighted by molar-refractivity contribution is 7.20. The first-order valence-corrected chi connectivity index (χ1v) is 12.3. The Morgan fingerprint density at radius 1 is 1.19 bits per heavy atom. The maximum Gasteiger partial charge on any atom is 0.264 e. The van der Waals surface area contributed by atoms with Crippen molar-refractivity contribution in [2.24, 2.45) is 0 Å². The quantitative estimate of drug-likeness (QED) is 0.685. The van der Waals surface area contributed by atoms with Gasteiger partial charge in [0.15, 0.2) is 0 Å². The molecule has 1 saturated heterocycles. The normalized spacial score (nSPS) is 17.3. The summed E-state index contributed by atoms with van der Waals surface area (Å²) in [6, 6.07) is 0.0450. The number of carbonyl (C=O) groups is 2. The van der Waals surface area contributed by atoms with E-state index < -0.39 is 0 Å². The van der Waals surface area contributed by atoms with Crippen molar-refractivity contribution in [1.29, 1.82) is 0 Å². The van der Waals surface area contributed by atoms with Crippen LogP contribution in [0.25, 0.3) is 10.2 Å². The third-order valence-electron chi connectivity index (χ3n) is 6.75. The molecule has 9 heteroatoms. The Balaban J connectivity index is 1.67. The summed E-state index contributed by atoms with van der Waals surface area (Å²) in [5.41, 5.74) is 0.716. The van der Waals surface area contributed by atoms with E-state index in [0.717, 1.165) is 49.9 Å². The molecule has 2 aliphatic rings. The molecular weight excluding hydrogens is 428 g/mol. The number of fused-ring (bicyclic) bond motifs is 2. The van der Waals surface area contributed by atoms with Crippen LogP contribution in [-0.4, -0.2) is 70.6 Å². The predicted octanol–water partition coefficient (Wildman–Crippen LogP) is 2.59. The minimum Gasteiger partial charge on any atom is -0.383 e. The third kappa shape index (κ3) is 4.32. The molecule has 0 saturated carbocycles. The first-order chi connectivity index (χ1) is 15.4. The summed E-state index contributed by atoms with van der Waals surface area (Å²) in [5, 5.41) is 0.585. The number of hydrogen-bond donors (Lipinski definition) is 0. The van der Waals surface area contributed by atoms with Gasteiger partial charge in [-0.25, -0.2) is 4.98 Å². The highest BCUT2D eigenvalue weighted by atomic mass is 32.1. The lowest BCUT2D eigenvalue weighted by Crippen LogP contribution is -2.49. The van der Waals surface area contributed by atoms with Crippen LogP contribution >= 0.6 is 11.3 Å². The molecule has 1 fully saturated rings. The van der Waals surface area contributed by atoms with Gasteiger partial charge in [0.05, 0.1) is 16.9 Å². The maximum atomic E-state index is 13.7. The van der Waals surface area contributed by atoms with E-state index in [1.165, 1.54) is 11.3 Å². The molecule has 174 valence electrons. The molecule has 2 aromatic heterocycles. The molecule has 4 rings (SSSR count). The fourth-order valence-corrected chi connectivity index (χ4v) is 6.02. The van der Waals surface area contributed by atoms with Crippen LogP contribution in [0.1, 0.15) is 60.1 Å². The Morgan fingerprint density at radius 3 is 2.62 bits per heavy atom. The van der Waals surface area contributed by atoms with Crippen molar-refractivity contribution in [2.75, 3.05) is 33.4 Å². The SMILES string of the molecule is COCCN(C(=O)c1sc2nc3n(c(=O)c2c1C)CCCCC3)C1CCN(C(C)=O)CC1. The molecule has 0 bridgehead atoms. The van der Waals surface area contributed by atoms with Gasteiger partial charge in [0.2, 0.25) is 5.91 Å². The zero-order chi connectivity index (χ0) is 22.8. The molecule has 2 amide bonds. The van der Waals surface area contributed by atoms with Crippen LogP contribution in [0.15, 0.2) is 4.79 Å². The van der Waals surface area contributed by atoms with Crippen LogP contribution < -0.4 is 5.56 Å². The number of carbonyl (C=O) groups excluding carboxylic acids is 2. The molecule has 0 N–H and O–H groups in total. The van der Waals surface area contributed by atoms with Crippen molar-refractivity contribution in [2.45, 2.75) is 65.0 Å². The van der Waals surface area contributed by atoms with Crippen molar-refractivity contribution >= 4 is 33.4 Å². The Bertz CT molecular complexity index is 1070. The molecule has 2 aliphatic heterocycles. The Hall–Kier alpha value is -2.26. The van der Waals surface area contributed by atoms with Gasteiger partial charge in [0.1, 0.15) is 10.7 Å². The fraction of sp³-hybridized carbons (Fsp3) is 0.652. The number of aryl methyl sites for hydroxylation is 2. The van der Waals surface area contributed by atoms with Gasteiger partial charge in [-0.15, -0.1) is 11.3 Å². The maximum absolute atomic E-state index is 13.7. The molecule has 4 heterocycles. The average Bonchev–Trinajstić information content (AvgIpc) is 2.95. The van der Waals surface area contributed by atoms with Crippen LogP contribution in [0.3, 0.4) is 0 Å². The molecule has 32 heavy (non-hydrogen) atoms. The number of ether oxygens (including phenoxy) is 1. The van der Waals surface area contributed by atoms with Crippen LogP contribution in [-0.2, 0) is 22.5 Å². The number of nitrogens with zero attached hydrogens (tertiary/aromatic N) is 4. The standard InChI is InChI=1S/C23H32N4O4S/c1-15-19-21(24-18-7-5-4-6-10-27(18)22(19)29)32-20(15)23(30)26(13-14-31-3)17-8-11-25(12-9-17)16(2)28/h17H,4-14H2,1-3H3. The van der Waals surface area contributed by atoms with Gasteiger partial charge in [-0.3, -0.25) is 19.0 Å². The molecule has 0 spiro atoms. The smallest absolute Gasteiger partial charge is 0.264 e. The summed E-state index contributed by atoms with van der Waals surface area (Å²) in [4.78, 5) is 48.5. The minimum absolute atomic E-state index is 0.0158.